The molecule has 0 amide bonds. The number of carbonyl (C=O) groups is 8. The minimum absolute atomic E-state index is 0. The standard InChI is InChI=1S/C29H40O10.C29H44O6.2H2N.Pt/c1-15(4-7-22(32)33)17-5-6-18-23-19(11-21(31)27(17,18)3)26(2)8-9-29(12-16(26)10-20(23)30)38-13-28(14-39-29,24(34)35)25(36)37;1-17(6-9-24(32)33)19-7-8-20-25-21(13-23(31)28(19,20)5)27(4)10-11-29(14-18(27)12-22(25)30)34-15-26(2,3)16-35-29;;;/h15-19,23H,4-14H2,1-3H3,(H,32,33)(H,34,35)(H,36,37);17-21,25H,6-16H2,1-5H3,(H,32,33);2*1H2;/q;;2*-1;+2/t15?,16?,17?,18?,19?,23?,26-,27+;17?,18?,19?,20?,21?,25?,27-,28+;;;/m00.../s1. The minimum Gasteiger partial charge on any atom is -0.693 e. The van der Waals surface area contributed by atoms with Gasteiger partial charge in [0.1, 0.15) is 23.1 Å². The van der Waals surface area contributed by atoms with E-state index in [-0.39, 0.29) is 145 Å². The van der Waals surface area contributed by atoms with Crippen LogP contribution in [0.3, 0.4) is 0 Å². The van der Waals surface area contributed by atoms with Crippen molar-refractivity contribution in [2.24, 2.45) is 104 Å². The van der Waals surface area contributed by atoms with E-state index < -0.39 is 64.9 Å². The Kier molecular flexibility index (Phi) is 18.1. The molecule has 2 saturated heterocycles. The van der Waals surface area contributed by atoms with Gasteiger partial charge in [0.2, 0.25) is 5.41 Å². The van der Waals surface area contributed by atoms with E-state index in [1.807, 2.05) is 13.8 Å². The fourth-order valence-electron chi connectivity index (χ4n) is 18.4. The Labute approximate surface area is 468 Å². The molecule has 12 unspecified atom stereocenters. The third-order valence-electron chi connectivity index (χ3n) is 23.2. The maximum Gasteiger partial charge on any atom is 2.00 e. The van der Waals surface area contributed by atoms with Gasteiger partial charge in [0.25, 0.3) is 0 Å². The van der Waals surface area contributed by atoms with Gasteiger partial charge in [0.05, 0.1) is 26.4 Å². The second-order valence-electron chi connectivity index (χ2n) is 27.5. The van der Waals surface area contributed by atoms with Gasteiger partial charge in [-0.05, 0) is 121 Å². The third kappa shape index (κ3) is 10.3. The Morgan fingerprint density at radius 3 is 1.21 bits per heavy atom. The Morgan fingerprint density at radius 2 is 0.870 bits per heavy atom. The summed E-state index contributed by atoms with van der Waals surface area (Å²) in [5, 5.41) is 37.4. The quantitative estimate of drug-likeness (QED) is 0.148. The zero-order chi connectivity index (χ0) is 53.9. The van der Waals surface area contributed by atoms with Crippen molar-refractivity contribution in [3.05, 3.63) is 12.3 Å². The Morgan fingerprint density at radius 1 is 0.519 bits per heavy atom. The number of ether oxygens (including phenoxy) is 4. The zero-order valence-corrected chi connectivity index (χ0v) is 48.9. The second kappa shape index (κ2) is 22.1. The predicted octanol–water partition coefficient (Wildman–Crippen LogP) is 10.1. The molecule has 8 saturated carbocycles. The van der Waals surface area contributed by atoms with Crippen molar-refractivity contribution in [2.45, 2.75) is 183 Å². The van der Waals surface area contributed by atoms with Crippen molar-refractivity contribution in [1.82, 2.24) is 0 Å². The molecule has 0 aromatic heterocycles. The first kappa shape index (κ1) is 63.2. The SMILES string of the molecule is CC(CCC(=O)O)C1CCC2C3C(=O)CC4CC5(CC[C@]4(C)C3CC(=O)[C@]12C)OCC(C(=O)O)(C(=O)O)CO5.CC(CCC(=O)O)C1CCC2C3C(=O)CC4CC5(CC[C@]4(C)C3CC(=O)[C@]12C)OCC(C)(C)CO5.[NH2-].[NH2-].[Pt+2]. The summed E-state index contributed by atoms with van der Waals surface area (Å²) in [4.78, 5) is 101. The number of hydrogen-bond acceptors (Lipinski definition) is 12. The van der Waals surface area contributed by atoms with Crippen LogP contribution in [0.5, 0.6) is 0 Å². The number of nitrogens with two attached hydrogens (primary N) is 2. The van der Waals surface area contributed by atoms with Crippen molar-refractivity contribution < 1.29 is 98.8 Å². The van der Waals surface area contributed by atoms with Gasteiger partial charge in [-0.25, -0.2) is 0 Å². The maximum absolute atomic E-state index is 13.9. The van der Waals surface area contributed by atoms with E-state index in [1.165, 1.54) is 0 Å². The smallest absolute Gasteiger partial charge is 0.693 e. The molecule has 0 radical (unpaired) electrons. The van der Waals surface area contributed by atoms with E-state index in [9.17, 15) is 48.6 Å². The average molecular weight is 1260 g/mol. The van der Waals surface area contributed by atoms with Crippen molar-refractivity contribution in [1.29, 1.82) is 0 Å². The van der Waals surface area contributed by atoms with Crippen molar-refractivity contribution >= 4 is 47.0 Å². The number of aliphatic carboxylic acids is 4. The van der Waals surface area contributed by atoms with Gasteiger partial charge in [0.15, 0.2) is 11.6 Å². The number of Topliss-reactive ketones (excluding diaryl/α,β-unsaturated/α-hetero) is 4. The first-order valence-corrected chi connectivity index (χ1v) is 28.1. The maximum atomic E-state index is 13.9. The molecule has 10 rings (SSSR count). The van der Waals surface area contributed by atoms with Gasteiger partial charge in [-0.1, -0.05) is 55.4 Å². The van der Waals surface area contributed by atoms with Gasteiger partial charge in [-0.3, -0.25) is 38.4 Å². The summed E-state index contributed by atoms with van der Waals surface area (Å²) in [6.07, 6.45) is 10.4. The Balaban J connectivity index is 0.000000241. The number of rotatable bonds is 10. The second-order valence-corrected chi connectivity index (χ2v) is 27.5. The van der Waals surface area contributed by atoms with Crippen LogP contribution in [0.15, 0.2) is 0 Å². The van der Waals surface area contributed by atoms with E-state index >= 15 is 0 Å². The zero-order valence-electron chi connectivity index (χ0n) is 46.6. The molecular formula is C58H88N2O16Pt. The van der Waals surface area contributed by atoms with E-state index in [1.54, 1.807) is 0 Å². The molecule has 436 valence electrons. The van der Waals surface area contributed by atoms with Gasteiger partial charge < -0.3 is 51.7 Å². The molecule has 8 aliphatic carbocycles. The van der Waals surface area contributed by atoms with Crippen LogP contribution in [0.25, 0.3) is 12.3 Å². The largest absolute Gasteiger partial charge is 2.00 e. The van der Waals surface area contributed by atoms with E-state index in [4.69, 9.17) is 29.2 Å². The fourth-order valence-corrected chi connectivity index (χ4v) is 18.4. The molecule has 2 spiro atoms. The molecule has 0 aromatic rings. The minimum atomic E-state index is -2.15. The first-order chi connectivity index (χ1) is 34.5. The van der Waals surface area contributed by atoms with Crippen molar-refractivity contribution in [3.8, 4) is 0 Å². The number of carboxylic acids is 4. The number of fused-ring (bicyclic) bond motifs is 10. The summed E-state index contributed by atoms with van der Waals surface area (Å²) in [7, 11) is 0. The number of carboxylic acid groups (broad SMARTS) is 4. The monoisotopic (exact) mass is 1260 g/mol. The van der Waals surface area contributed by atoms with Crippen LogP contribution in [0.2, 0.25) is 0 Å². The molecule has 2 aliphatic heterocycles. The molecule has 0 bridgehead atoms. The average Bonchev–Trinajstić information content (AvgIpc) is 3.89. The summed E-state index contributed by atoms with van der Waals surface area (Å²) in [5.41, 5.74) is -3.61. The number of hydrogen-bond donors (Lipinski definition) is 4. The van der Waals surface area contributed by atoms with Gasteiger partial charge in [0, 0.05) is 92.3 Å². The van der Waals surface area contributed by atoms with Gasteiger partial charge in [-0.2, -0.15) is 0 Å². The van der Waals surface area contributed by atoms with Gasteiger partial charge in [-0.15, -0.1) is 0 Å². The normalized spacial score (nSPS) is 41.3. The summed E-state index contributed by atoms with van der Waals surface area (Å²) in [6.45, 7) is 17.4. The Hall–Kier alpha value is -2.99. The van der Waals surface area contributed by atoms with E-state index in [0.717, 1.165) is 44.9 Å². The van der Waals surface area contributed by atoms with E-state index in [2.05, 4.69) is 41.5 Å². The van der Waals surface area contributed by atoms with Crippen LogP contribution < -0.4 is 0 Å². The molecule has 77 heavy (non-hydrogen) atoms. The van der Waals surface area contributed by atoms with E-state index in [0.29, 0.717) is 82.6 Å². The predicted molar refractivity (Wildman–Crippen MR) is 275 cm³/mol. The van der Waals surface area contributed by atoms with Crippen molar-refractivity contribution in [2.75, 3.05) is 26.4 Å². The summed E-state index contributed by atoms with van der Waals surface area (Å²) in [6, 6.07) is 0. The number of ketones is 4. The van der Waals surface area contributed by atoms with Crippen LogP contribution in [0, 0.1) is 104 Å². The fraction of sp³-hybridized carbons (Fsp3) is 0.862. The topological polar surface area (TPSA) is 321 Å². The molecule has 10 aliphatic rings. The molecule has 8 N–H and O–H groups in total. The first-order valence-electron chi connectivity index (χ1n) is 28.1. The Bertz CT molecular complexity index is 2310. The van der Waals surface area contributed by atoms with Crippen LogP contribution in [-0.4, -0.2) is 105 Å². The summed E-state index contributed by atoms with van der Waals surface area (Å²) < 4.78 is 24.4. The molecule has 19 heteroatoms. The van der Waals surface area contributed by atoms with Crippen LogP contribution in [-0.2, 0) is 78.4 Å². The molecule has 0 aromatic carbocycles. The molecule has 18 nitrogen and oxygen atoms in total. The molecular weight excluding hydrogens is 1180 g/mol. The van der Waals surface area contributed by atoms with Crippen LogP contribution in [0.4, 0.5) is 0 Å². The van der Waals surface area contributed by atoms with Crippen LogP contribution >= 0.6 is 0 Å². The molecule has 10 fully saturated rings. The third-order valence-corrected chi connectivity index (χ3v) is 23.2. The number of carbonyl (C=O) groups excluding carboxylic acids is 4. The molecule has 16 atom stereocenters. The van der Waals surface area contributed by atoms with Crippen molar-refractivity contribution in [3.63, 3.8) is 0 Å². The molecule has 2 heterocycles. The van der Waals surface area contributed by atoms with Crippen LogP contribution in [0.1, 0.15) is 171 Å². The summed E-state index contributed by atoms with van der Waals surface area (Å²) >= 11 is 0. The van der Waals surface area contributed by atoms with Gasteiger partial charge >= 0.3 is 44.9 Å². The summed E-state index contributed by atoms with van der Waals surface area (Å²) in [5.74, 6) is -4.97.